The number of amidine groups is 1. The molecule has 0 radical (unpaired) electrons. The molecule has 0 aromatic heterocycles. The molecule has 1 amide bonds. The minimum absolute atomic E-state index is 0.141. The van der Waals surface area contributed by atoms with E-state index in [9.17, 15) is 9.59 Å². The van der Waals surface area contributed by atoms with Gasteiger partial charge in [-0.2, -0.15) is 0 Å². The molecule has 0 unspecified atom stereocenters. The van der Waals surface area contributed by atoms with E-state index in [1.54, 1.807) is 18.2 Å². The molecule has 0 bridgehead atoms. The van der Waals surface area contributed by atoms with Gasteiger partial charge in [0.05, 0.1) is 16.2 Å². The van der Waals surface area contributed by atoms with Gasteiger partial charge >= 0.3 is 5.97 Å². The fourth-order valence-corrected chi connectivity index (χ4v) is 3.71. The van der Waals surface area contributed by atoms with Crippen LogP contribution in [0.5, 0.6) is 0 Å². The summed E-state index contributed by atoms with van der Waals surface area (Å²) in [6.07, 6.45) is 4.45. The van der Waals surface area contributed by atoms with Crippen LogP contribution in [-0.4, -0.2) is 33.6 Å². The summed E-state index contributed by atoms with van der Waals surface area (Å²) in [6, 6.07) is 14.4. The Morgan fingerprint density at radius 3 is 2.64 bits per heavy atom. The number of aryl methyl sites for hydroxylation is 1. The predicted molar refractivity (Wildman–Crippen MR) is 114 cm³/mol. The number of carbonyl (C=O) groups excluding carboxylic acids is 1. The van der Waals surface area contributed by atoms with E-state index in [2.05, 4.69) is 18.5 Å². The van der Waals surface area contributed by atoms with Crippen molar-refractivity contribution in [2.45, 2.75) is 13.3 Å². The highest BCUT2D eigenvalue weighted by Crippen LogP contribution is 2.34. The molecule has 1 N–H and O–H groups in total. The summed E-state index contributed by atoms with van der Waals surface area (Å²) in [4.78, 5) is 30.6. The first-order valence-corrected chi connectivity index (χ1v) is 9.66. The fourth-order valence-electron chi connectivity index (χ4n) is 2.70. The number of thioether (sulfide) groups is 1. The first kappa shape index (κ1) is 19.6. The first-order valence-electron chi connectivity index (χ1n) is 8.85. The highest BCUT2D eigenvalue weighted by Gasteiger charge is 2.32. The predicted octanol–water partition coefficient (Wildman–Crippen LogP) is 4.74. The summed E-state index contributed by atoms with van der Waals surface area (Å²) in [5, 5.41) is 9.65. The first-order chi connectivity index (χ1) is 13.5. The number of carboxylic acid groups (broad SMARTS) is 1. The lowest BCUT2D eigenvalue weighted by Gasteiger charge is -2.12. The second-order valence-corrected chi connectivity index (χ2v) is 7.17. The Hall–Kier alpha value is -3.12. The van der Waals surface area contributed by atoms with Crippen molar-refractivity contribution < 1.29 is 14.7 Å². The van der Waals surface area contributed by atoms with Crippen molar-refractivity contribution in [3.05, 3.63) is 82.8 Å². The number of aromatic carboxylic acids is 1. The molecular formula is C22H20N2O3S. The van der Waals surface area contributed by atoms with E-state index in [4.69, 9.17) is 5.11 Å². The van der Waals surface area contributed by atoms with Gasteiger partial charge in [0.1, 0.15) is 0 Å². The van der Waals surface area contributed by atoms with Crippen LogP contribution in [-0.2, 0) is 11.2 Å². The van der Waals surface area contributed by atoms with Crippen LogP contribution in [0.2, 0.25) is 0 Å². The highest BCUT2D eigenvalue weighted by atomic mass is 32.2. The summed E-state index contributed by atoms with van der Waals surface area (Å²) in [7, 11) is 0. The molecule has 1 aliphatic rings. The average Bonchev–Trinajstić information content (AvgIpc) is 2.98. The number of carboxylic acids is 1. The summed E-state index contributed by atoms with van der Waals surface area (Å²) >= 11 is 1.27. The lowest BCUT2D eigenvalue weighted by molar-refractivity contribution is -0.121. The Bertz CT molecular complexity index is 978. The van der Waals surface area contributed by atoms with Gasteiger partial charge in [-0.1, -0.05) is 43.3 Å². The van der Waals surface area contributed by atoms with Crippen LogP contribution in [0.25, 0.3) is 6.08 Å². The molecule has 1 heterocycles. The van der Waals surface area contributed by atoms with E-state index in [0.29, 0.717) is 22.3 Å². The third kappa shape index (κ3) is 4.40. The highest BCUT2D eigenvalue weighted by molar-refractivity contribution is 8.18. The molecule has 1 saturated heterocycles. The Morgan fingerprint density at radius 2 is 2.00 bits per heavy atom. The molecular weight excluding hydrogens is 372 g/mol. The molecule has 0 spiro atoms. The number of rotatable bonds is 6. The molecule has 142 valence electrons. The van der Waals surface area contributed by atoms with Crippen molar-refractivity contribution in [2.24, 2.45) is 4.99 Å². The van der Waals surface area contributed by atoms with Gasteiger partial charge in [0.25, 0.3) is 5.91 Å². The van der Waals surface area contributed by atoms with Crippen LogP contribution in [0.4, 0.5) is 5.69 Å². The number of benzene rings is 2. The Balaban J connectivity index is 1.93. The molecule has 2 aromatic carbocycles. The molecule has 0 aliphatic carbocycles. The zero-order valence-corrected chi connectivity index (χ0v) is 16.3. The minimum Gasteiger partial charge on any atom is -0.478 e. The fraction of sp³-hybridized carbons (Fsp3) is 0.136. The number of hydrogen-bond donors (Lipinski definition) is 1. The van der Waals surface area contributed by atoms with Crippen molar-refractivity contribution >= 4 is 40.6 Å². The summed E-state index contributed by atoms with van der Waals surface area (Å²) in [5.41, 5.74) is 2.82. The zero-order valence-electron chi connectivity index (χ0n) is 15.5. The van der Waals surface area contributed by atoms with E-state index in [1.807, 2.05) is 30.3 Å². The van der Waals surface area contributed by atoms with Crippen molar-refractivity contribution in [3.8, 4) is 0 Å². The van der Waals surface area contributed by atoms with Crippen LogP contribution in [0.3, 0.4) is 0 Å². The van der Waals surface area contributed by atoms with Gasteiger partial charge in [-0.15, -0.1) is 6.58 Å². The van der Waals surface area contributed by atoms with Gasteiger partial charge in [-0.25, -0.2) is 9.79 Å². The van der Waals surface area contributed by atoms with E-state index >= 15 is 0 Å². The van der Waals surface area contributed by atoms with Crippen molar-refractivity contribution in [2.75, 3.05) is 6.54 Å². The zero-order chi connectivity index (χ0) is 20.1. The van der Waals surface area contributed by atoms with Crippen molar-refractivity contribution in [3.63, 3.8) is 0 Å². The number of hydrogen-bond acceptors (Lipinski definition) is 4. The molecule has 2 aromatic rings. The number of nitrogens with zero attached hydrogens (tertiary/aromatic N) is 2. The van der Waals surface area contributed by atoms with Crippen molar-refractivity contribution in [1.29, 1.82) is 0 Å². The van der Waals surface area contributed by atoms with Gasteiger partial charge < -0.3 is 5.11 Å². The van der Waals surface area contributed by atoms with Gasteiger partial charge in [0, 0.05) is 6.54 Å². The largest absolute Gasteiger partial charge is 0.478 e. The maximum atomic E-state index is 12.8. The quantitative estimate of drug-likeness (QED) is 0.570. The van der Waals surface area contributed by atoms with E-state index in [-0.39, 0.29) is 11.5 Å². The minimum atomic E-state index is -1.02. The third-order valence-corrected chi connectivity index (χ3v) is 5.21. The summed E-state index contributed by atoms with van der Waals surface area (Å²) in [5.74, 6) is -1.16. The summed E-state index contributed by atoms with van der Waals surface area (Å²) < 4.78 is 0. The number of aliphatic imine (C=N–C) groups is 1. The molecule has 1 fully saturated rings. The summed E-state index contributed by atoms with van der Waals surface area (Å²) in [6.45, 7) is 6.14. The SMILES string of the molecule is C=CCN1C(=O)/C(=C/c2ccc(CC)cc2)SC1=Nc1cccc(C(=O)O)c1. The van der Waals surface area contributed by atoms with Gasteiger partial charge in [0.2, 0.25) is 0 Å². The van der Waals surface area contributed by atoms with Crippen LogP contribution >= 0.6 is 11.8 Å². The lowest BCUT2D eigenvalue weighted by atomic mass is 10.1. The van der Waals surface area contributed by atoms with Crippen molar-refractivity contribution in [1.82, 2.24) is 4.90 Å². The lowest BCUT2D eigenvalue weighted by Crippen LogP contribution is -2.29. The van der Waals surface area contributed by atoms with E-state index in [1.165, 1.54) is 34.4 Å². The second kappa shape index (κ2) is 8.71. The molecule has 1 aliphatic heterocycles. The van der Waals surface area contributed by atoms with E-state index in [0.717, 1.165) is 12.0 Å². The Labute approximate surface area is 168 Å². The standard InChI is InChI=1S/C22H20N2O3S/c1-3-12-24-20(25)19(13-16-10-8-15(4-2)9-11-16)28-22(24)23-18-7-5-6-17(14-18)21(26)27/h3,5-11,13-14H,1,4,12H2,2H3,(H,26,27)/b19-13-,23-22?. The molecule has 6 heteroatoms. The molecule has 0 saturated carbocycles. The van der Waals surface area contributed by atoms with Gasteiger partial charge in [0.15, 0.2) is 5.17 Å². The smallest absolute Gasteiger partial charge is 0.335 e. The van der Waals surface area contributed by atoms with Crippen LogP contribution in [0, 0.1) is 0 Å². The molecule has 0 atom stereocenters. The normalized spacial score (nSPS) is 16.8. The third-order valence-electron chi connectivity index (χ3n) is 4.20. The molecule has 28 heavy (non-hydrogen) atoms. The van der Waals surface area contributed by atoms with Crippen LogP contribution in [0.1, 0.15) is 28.4 Å². The van der Waals surface area contributed by atoms with E-state index < -0.39 is 5.97 Å². The molecule has 5 nitrogen and oxygen atoms in total. The average molecular weight is 392 g/mol. The maximum Gasteiger partial charge on any atom is 0.335 e. The van der Waals surface area contributed by atoms with Gasteiger partial charge in [-0.05, 0) is 53.6 Å². The molecule has 3 rings (SSSR count). The van der Waals surface area contributed by atoms with Crippen LogP contribution < -0.4 is 0 Å². The number of amides is 1. The maximum absolute atomic E-state index is 12.8. The Kier molecular flexibility index (Phi) is 6.11. The van der Waals surface area contributed by atoms with Gasteiger partial charge in [-0.3, -0.25) is 9.69 Å². The number of carbonyl (C=O) groups is 2. The van der Waals surface area contributed by atoms with Crippen LogP contribution in [0.15, 0.2) is 71.1 Å². The topological polar surface area (TPSA) is 70.0 Å². The monoisotopic (exact) mass is 392 g/mol. The second-order valence-electron chi connectivity index (χ2n) is 6.16. The Morgan fingerprint density at radius 1 is 1.25 bits per heavy atom.